The SMILES string of the molecule is CNC(=O)c1ccc(NC(=O)COc2ccc(Oc3ccccc3)cc2)cc1. The Bertz CT molecular complexity index is 923. The van der Waals surface area contributed by atoms with E-state index in [1.54, 1.807) is 55.6 Å². The van der Waals surface area contributed by atoms with E-state index in [0.717, 1.165) is 5.75 Å². The van der Waals surface area contributed by atoms with Crippen LogP contribution in [0, 0.1) is 0 Å². The van der Waals surface area contributed by atoms with Gasteiger partial charge in [-0.15, -0.1) is 0 Å². The molecular formula is C22H20N2O4. The molecule has 0 heterocycles. The lowest BCUT2D eigenvalue weighted by atomic mass is 10.2. The molecule has 0 spiro atoms. The van der Waals surface area contributed by atoms with Crippen molar-refractivity contribution in [1.29, 1.82) is 0 Å². The maximum absolute atomic E-state index is 12.0. The van der Waals surface area contributed by atoms with Crippen molar-refractivity contribution in [3.8, 4) is 17.2 Å². The van der Waals surface area contributed by atoms with Crippen LogP contribution in [-0.4, -0.2) is 25.5 Å². The molecule has 0 saturated heterocycles. The Labute approximate surface area is 163 Å². The van der Waals surface area contributed by atoms with Crippen molar-refractivity contribution in [2.24, 2.45) is 0 Å². The van der Waals surface area contributed by atoms with E-state index in [1.807, 2.05) is 30.3 Å². The molecule has 0 aliphatic rings. The summed E-state index contributed by atoms with van der Waals surface area (Å²) in [6, 6.07) is 23.1. The van der Waals surface area contributed by atoms with Gasteiger partial charge in [0.2, 0.25) is 0 Å². The van der Waals surface area contributed by atoms with Gasteiger partial charge >= 0.3 is 0 Å². The number of carbonyl (C=O) groups excluding carboxylic acids is 2. The molecule has 0 radical (unpaired) electrons. The number of para-hydroxylation sites is 1. The minimum atomic E-state index is -0.294. The van der Waals surface area contributed by atoms with E-state index < -0.39 is 0 Å². The van der Waals surface area contributed by atoms with Gasteiger partial charge in [-0.25, -0.2) is 0 Å². The third-order valence-corrected chi connectivity index (χ3v) is 3.83. The third-order valence-electron chi connectivity index (χ3n) is 3.83. The van der Waals surface area contributed by atoms with Crippen LogP contribution in [0.2, 0.25) is 0 Å². The predicted octanol–water partition coefficient (Wildman–Crippen LogP) is 3.86. The summed E-state index contributed by atoms with van der Waals surface area (Å²) in [7, 11) is 1.57. The molecule has 0 aliphatic heterocycles. The van der Waals surface area contributed by atoms with Gasteiger partial charge in [-0.3, -0.25) is 9.59 Å². The molecule has 2 amide bonds. The molecule has 0 bridgehead atoms. The van der Waals surface area contributed by atoms with Gasteiger partial charge < -0.3 is 20.1 Å². The summed E-state index contributed by atoms with van der Waals surface area (Å²) in [4.78, 5) is 23.5. The van der Waals surface area contributed by atoms with Crippen molar-refractivity contribution in [2.45, 2.75) is 0 Å². The molecule has 28 heavy (non-hydrogen) atoms. The molecular weight excluding hydrogens is 356 g/mol. The lowest BCUT2D eigenvalue weighted by molar-refractivity contribution is -0.118. The molecule has 0 atom stereocenters. The molecule has 3 aromatic rings. The quantitative estimate of drug-likeness (QED) is 0.657. The van der Waals surface area contributed by atoms with E-state index in [-0.39, 0.29) is 18.4 Å². The van der Waals surface area contributed by atoms with Crippen molar-refractivity contribution in [3.63, 3.8) is 0 Å². The highest BCUT2D eigenvalue weighted by Crippen LogP contribution is 2.23. The number of anilines is 1. The van der Waals surface area contributed by atoms with E-state index in [9.17, 15) is 9.59 Å². The lowest BCUT2D eigenvalue weighted by Gasteiger charge is -2.09. The minimum Gasteiger partial charge on any atom is -0.484 e. The van der Waals surface area contributed by atoms with Crippen LogP contribution in [0.1, 0.15) is 10.4 Å². The van der Waals surface area contributed by atoms with Gasteiger partial charge in [-0.2, -0.15) is 0 Å². The molecule has 142 valence electrons. The summed E-state index contributed by atoms with van der Waals surface area (Å²) < 4.78 is 11.2. The fraction of sp³-hybridized carbons (Fsp3) is 0.0909. The van der Waals surface area contributed by atoms with Crippen LogP contribution in [-0.2, 0) is 4.79 Å². The van der Waals surface area contributed by atoms with Gasteiger partial charge in [0.1, 0.15) is 17.2 Å². The van der Waals surface area contributed by atoms with Gasteiger partial charge in [-0.05, 0) is 60.7 Å². The van der Waals surface area contributed by atoms with Crippen molar-refractivity contribution in [1.82, 2.24) is 5.32 Å². The van der Waals surface area contributed by atoms with Crippen LogP contribution in [0.3, 0.4) is 0 Å². The number of nitrogens with one attached hydrogen (secondary N) is 2. The topological polar surface area (TPSA) is 76.7 Å². The Morgan fingerprint density at radius 1 is 0.786 bits per heavy atom. The maximum Gasteiger partial charge on any atom is 0.262 e. The van der Waals surface area contributed by atoms with E-state index in [0.29, 0.717) is 22.7 Å². The molecule has 0 unspecified atom stereocenters. The van der Waals surface area contributed by atoms with Crippen LogP contribution in [0.15, 0.2) is 78.9 Å². The van der Waals surface area contributed by atoms with E-state index in [1.165, 1.54) is 0 Å². The molecule has 0 aliphatic carbocycles. The Morgan fingerprint density at radius 2 is 1.39 bits per heavy atom. The van der Waals surface area contributed by atoms with Gasteiger partial charge in [0, 0.05) is 18.3 Å². The smallest absolute Gasteiger partial charge is 0.262 e. The van der Waals surface area contributed by atoms with Crippen LogP contribution in [0.5, 0.6) is 17.2 Å². The largest absolute Gasteiger partial charge is 0.484 e. The predicted molar refractivity (Wildman–Crippen MR) is 107 cm³/mol. The molecule has 0 aromatic heterocycles. The van der Waals surface area contributed by atoms with Gasteiger partial charge in [0.25, 0.3) is 11.8 Å². The molecule has 3 rings (SSSR count). The zero-order valence-electron chi connectivity index (χ0n) is 15.3. The Hall–Kier alpha value is -3.80. The minimum absolute atomic E-state index is 0.129. The zero-order chi connectivity index (χ0) is 19.8. The Morgan fingerprint density at radius 3 is 2.04 bits per heavy atom. The first-order valence-corrected chi connectivity index (χ1v) is 8.72. The fourth-order valence-corrected chi connectivity index (χ4v) is 2.42. The highest BCUT2D eigenvalue weighted by Gasteiger charge is 2.06. The number of hydrogen-bond acceptors (Lipinski definition) is 4. The van der Waals surface area contributed by atoms with E-state index in [4.69, 9.17) is 9.47 Å². The van der Waals surface area contributed by atoms with Gasteiger partial charge in [0.05, 0.1) is 0 Å². The second-order valence-electron chi connectivity index (χ2n) is 5.88. The number of amides is 2. The summed E-state index contributed by atoms with van der Waals surface area (Å²) in [5.41, 5.74) is 1.11. The van der Waals surface area contributed by atoms with E-state index >= 15 is 0 Å². The summed E-state index contributed by atoms with van der Waals surface area (Å²) in [5.74, 6) is 1.51. The van der Waals surface area contributed by atoms with Crippen molar-refractivity contribution in [3.05, 3.63) is 84.4 Å². The molecule has 6 heteroatoms. The number of benzene rings is 3. The molecule has 2 N–H and O–H groups in total. The Balaban J connectivity index is 1.48. The van der Waals surface area contributed by atoms with E-state index in [2.05, 4.69) is 10.6 Å². The van der Waals surface area contributed by atoms with Crippen LogP contribution < -0.4 is 20.1 Å². The standard InChI is InChI=1S/C22H20N2O4/c1-23-22(26)16-7-9-17(10-8-16)24-21(25)15-27-18-11-13-20(14-12-18)28-19-5-3-2-4-6-19/h2-14H,15H2,1H3,(H,23,26)(H,24,25). The molecule has 3 aromatic carbocycles. The van der Waals surface area contributed by atoms with Gasteiger partial charge in [0.15, 0.2) is 6.61 Å². The van der Waals surface area contributed by atoms with Crippen LogP contribution in [0.4, 0.5) is 5.69 Å². The zero-order valence-corrected chi connectivity index (χ0v) is 15.3. The highest BCUT2D eigenvalue weighted by molar-refractivity contribution is 5.95. The molecule has 6 nitrogen and oxygen atoms in total. The average Bonchev–Trinajstić information content (AvgIpc) is 2.74. The van der Waals surface area contributed by atoms with Crippen LogP contribution >= 0.6 is 0 Å². The number of carbonyl (C=O) groups is 2. The lowest BCUT2D eigenvalue weighted by Crippen LogP contribution is -2.20. The van der Waals surface area contributed by atoms with Crippen LogP contribution in [0.25, 0.3) is 0 Å². The first kappa shape index (κ1) is 19.0. The summed E-state index contributed by atoms with van der Waals surface area (Å²) in [6.45, 7) is -0.129. The van der Waals surface area contributed by atoms with Crippen molar-refractivity contribution in [2.75, 3.05) is 19.0 Å². The third kappa shape index (κ3) is 5.35. The number of ether oxygens (including phenoxy) is 2. The second kappa shape index (κ2) is 9.23. The normalized spacial score (nSPS) is 10.0. The second-order valence-corrected chi connectivity index (χ2v) is 5.88. The summed E-state index contributed by atoms with van der Waals surface area (Å²) in [5, 5.41) is 5.26. The number of rotatable bonds is 7. The monoisotopic (exact) mass is 376 g/mol. The number of hydrogen-bond donors (Lipinski definition) is 2. The first-order valence-electron chi connectivity index (χ1n) is 8.72. The maximum atomic E-state index is 12.0. The molecule has 0 fully saturated rings. The van der Waals surface area contributed by atoms with Gasteiger partial charge in [-0.1, -0.05) is 18.2 Å². The van der Waals surface area contributed by atoms with Crippen molar-refractivity contribution < 1.29 is 19.1 Å². The van der Waals surface area contributed by atoms with Crippen molar-refractivity contribution >= 4 is 17.5 Å². The Kier molecular flexibility index (Phi) is 6.25. The average molecular weight is 376 g/mol. The summed E-state index contributed by atoms with van der Waals surface area (Å²) in [6.07, 6.45) is 0. The fourth-order valence-electron chi connectivity index (χ4n) is 2.42. The summed E-state index contributed by atoms with van der Waals surface area (Å²) >= 11 is 0. The first-order chi connectivity index (χ1) is 13.6. The highest BCUT2D eigenvalue weighted by atomic mass is 16.5. The molecule has 0 saturated carbocycles.